The molecule has 3 nitrogen and oxygen atoms in total. The summed E-state index contributed by atoms with van der Waals surface area (Å²) in [5.41, 5.74) is 2.32. The number of hydrogen-bond donors (Lipinski definition) is 2. The van der Waals surface area contributed by atoms with Crippen LogP contribution in [0.15, 0.2) is 24.3 Å². The molecule has 0 aliphatic rings. The van der Waals surface area contributed by atoms with Crippen LogP contribution < -0.4 is 5.32 Å². The van der Waals surface area contributed by atoms with Gasteiger partial charge in [0.2, 0.25) is 5.91 Å². The summed E-state index contributed by atoms with van der Waals surface area (Å²) in [6, 6.07) is 8.11. The standard InChI is InChI=1S/C13H19NO2/c1-2-3-11-4-6-12(7-5-11)10-13(16)14-8-9-15/h4-7,15H,2-3,8-10H2,1H3,(H,14,16). The van der Waals surface area contributed by atoms with Gasteiger partial charge in [-0.3, -0.25) is 4.79 Å². The van der Waals surface area contributed by atoms with E-state index in [9.17, 15) is 4.79 Å². The molecular weight excluding hydrogens is 202 g/mol. The van der Waals surface area contributed by atoms with Gasteiger partial charge in [-0.2, -0.15) is 0 Å². The third kappa shape index (κ3) is 4.45. The van der Waals surface area contributed by atoms with Crippen molar-refractivity contribution in [2.75, 3.05) is 13.2 Å². The zero-order chi connectivity index (χ0) is 11.8. The van der Waals surface area contributed by atoms with Crippen molar-refractivity contribution in [3.63, 3.8) is 0 Å². The van der Waals surface area contributed by atoms with Gasteiger partial charge in [0.05, 0.1) is 13.0 Å². The molecule has 3 heteroatoms. The first-order valence-electron chi connectivity index (χ1n) is 5.71. The van der Waals surface area contributed by atoms with Crippen LogP contribution in [0.4, 0.5) is 0 Å². The monoisotopic (exact) mass is 221 g/mol. The van der Waals surface area contributed by atoms with Crippen molar-refractivity contribution in [2.24, 2.45) is 0 Å². The lowest BCUT2D eigenvalue weighted by molar-refractivity contribution is -0.120. The summed E-state index contributed by atoms with van der Waals surface area (Å²) in [5, 5.41) is 11.2. The lowest BCUT2D eigenvalue weighted by Crippen LogP contribution is -2.27. The van der Waals surface area contributed by atoms with Crippen LogP contribution in [-0.4, -0.2) is 24.2 Å². The van der Waals surface area contributed by atoms with Crippen molar-refractivity contribution in [1.82, 2.24) is 5.32 Å². The molecule has 2 N–H and O–H groups in total. The highest BCUT2D eigenvalue weighted by Crippen LogP contribution is 2.07. The molecule has 0 fully saturated rings. The van der Waals surface area contributed by atoms with Crippen molar-refractivity contribution in [1.29, 1.82) is 0 Å². The molecule has 0 atom stereocenters. The first-order valence-corrected chi connectivity index (χ1v) is 5.71. The minimum Gasteiger partial charge on any atom is -0.395 e. The molecule has 1 amide bonds. The van der Waals surface area contributed by atoms with Crippen molar-refractivity contribution in [2.45, 2.75) is 26.2 Å². The number of nitrogens with one attached hydrogen (secondary N) is 1. The van der Waals surface area contributed by atoms with Crippen LogP contribution in [0.25, 0.3) is 0 Å². The van der Waals surface area contributed by atoms with Gasteiger partial charge >= 0.3 is 0 Å². The Morgan fingerprint density at radius 1 is 1.25 bits per heavy atom. The van der Waals surface area contributed by atoms with Gasteiger partial charge in [-0.15, -0.1) is 0 Å². The van der Waals surface area contributed by atoms with E-state index in [-0.39, 0.29) is 12.5 Å². The van der Waals surface area contributed by atoms with Gasteiger partial charge in [-0.25, -0.2) is 0 Å². The average molecular weight is 221 g/mol. The Morgan fingerprint density at radius 2 is 1.88 bits per heavy atom. The van der Waals surface area contributed by atoms with Crippen LogP contribution in [0.5, 0.6) is 0 Å². The molecule has 88 valence electrons. The Balaban J connectivity index is 2.45. The highest BCUT2D eigenvalue weighted by Gasteiger charge is 2.02. The van der Waals surface area contributed by atoms with E-state index < -0.39 is 0 Å². The smallest absolute Gasteiger partial charge is 0.224 e. The van der Waals surface area contributed by atoms with Gasteiger partial charge < -0.3 is 10.4 Å². The maximum Gasteiger partial charge on any atom is 0.224 e. The minimum atomic E-state index is -0.0442. The van der Waals surface area contributed by atoms with E-state index in [0.717, 1.165) is 18.4 Å². The summed E-state index contributed by atoms with van der Waals surface area (Å²) in [4.78, 5) is 11.4. The fourth-order valence-corrected chi connectivity index (χ4v) is 1.56. The third-order valence-electron chi connectivity index (χ3n) is 2.36. The second-order valence-corrected chi connectivity index (χ2v) is 3.82. The SMILES string of the molecule is CCCc1ccc(CC(=O)NCCO)cc1. The second kappa shape index (κ2) is 7.01. The lowest BCUT2D eigenvalue weighted by atomic mass is 10.1. The summed E-state index contributed by atoms with van der Waals surface area (Å²) in [5.74, 6) is -0.0442. The van der Waals surface area contributed by atoms with Crippen molar-refractivity contribution >= 4 is 5.91 Å². The normalized spacial score (nSPS) is 10.1. The van der Waals surface area contributed by atoms with E-state index in [1.54, 1.807) is 0 Å². The number of benzene rings is 1. The van der Waals surface area contributed by atoms with E-state index in [1.165, 1.54) is 5.56 Å². The van der Waals surface area contributed by atoms with E-state index in [1.807, 2.05) is 12.1 Å². The fourth-order valence-electron chi connectivity index (χ4n) is 1.56. The summed E-state index contributed by atoms with van der Waals surface area (Å²) in [6.07, 6.45) is 2.60. The van der Waals surface area contributed by atoms with Crippen LogP contribution in [0, 0.1) is 0 Å². The zero-order valence-electron chi connectivity index (χ0n) is 9.70. The van der Waals surface area contributed by atoms with Gasteiger partial charge in [-0.05, 0) is 17.5 Å². The second-order valence-electron chi connectivity index (χ2n) is 3.82. The van der Waals surface area contributed by atoms with Crippen molar-refractivity contribution in [3.05, 3.63) is 35.4 Å². The molecule has 16 heavy (non-hydrogen) atoms. The Kier molecular flexibility index (Phi) is 5.57. The molecule has 0 saturated carbocycles. The maximum atomic E-state index is 11.4. The van der Waals surface area contributed by atoms with Gasteiger partial charge in [-0.1, -0.05) is 37.6 Å². The quantitative estimate of drug-likeness (QED) is 0.760. The number of rotatable bonds is 6. The van der Waals surface area contributed by atoms with E-state index in [0.29, 0.717) is 13.0 Å². The van der Waals surface area contributed by atoms with Crippen LogP contribution in [0.3, 0.4) is 0 Å². The minimum absolute atomic E-state index is 0.0127. The first kappa shape index (κ1) is 12.7. The molecule has 0 spiro atoms. The largest absolute Gasteiger partial charge is 0.395 e. The fraction of sp³-hybridized carbons (Fsp3) is 0.462. The lowest BCUT2D eigenvalue weighted by Gasteiger charge is -2.04. The number of carbonyl (C=O) groups excluding carboxylic acids is 1. The predicted octanol–water partition coefficient (Wildman–Crippen LogP) is 1.29. The highest BCUT2D eigenvalue weighted by atomic mass is 16.3. The number of carbonyl (C=O) groups is 1. The summed E-state index contributed by atoms with van der Waals surface area (Å²) in [7, 11) is 0. The number of aliphatic hydroxyl groups is 1. The van der Waals surface area contributed by atoms with E-state index >= 15 is 0 Å². The molecule has 1 rings (SSSR count). The predicted molar refractivity (Wildman–Crippen MR) is 64.2 cm³/mol. The molecule has 1 aromatic rings. The number of hydrogen-bond acceptors (Lipinski definition) is 2. The third-order valence-corrected chi connectivity index (χ3v) is 2.36. The van der Waals surface area contributed by atoms with Crippen molar-refractivity contribution < 1.29 is 9.90 Å². The molecule has 0 heterocycles. The van der Waals surface area contributed by atoms with E-state index in [2.05, 4.69) is 24.4 Å². The summed E-state index contributed by atoms with van der Waals surface area (Å²) >= 11 is 0. The molecule has 0 saturated heterocycles. The molecule has 0 bridgehead atoms. The van der Waals surface area contributed by atoms with Gasteiger partial charge in [0.1, 0.15) is 0 Å². The average Bonchev–Trinajstić information content (AvgIpc) is 2.29. The molecule has 0 radical (unpaired) electrons. The molecule has 0 aliphatic heterocycles. The van der Waals surface area contributed by atoms with Crippen LogP contribution >= 0.6 is 0 Å². The molecule has 0 aromatic heterocycles. The Morgan fingerprint density at radius 3 is 2.44 bits per heavy atom. The van der Waals surface area contributed by atoms with Gasteiger partial charge in [0.25, 0.3) is 0 Å². The van der Waals surface area contributed by atoms with Gasteiger partial charge in [0.15, 0.2) is 0 Å². The Bertz CT molecular complexity index is 319. The maximum absolute atomic E-state index is 11.4. The zero-order valence-corrected chi connectivity index (χ0v) is 9.70. The highest BCUT2D eigenvalue weighted by molar-refractivity contribution is 5.78. The van der Waals surface area contributed by atoms with E-state index in [4.69, 9.17) is 5.11 Å². The number of aryl methyl sites for hydroxylation is 1. The summed E-state index contributed by atoms with van der Waals surface area (Å²) in [6.45, 7) is 2.46. The topological polar surface area (TPSA) is 49.3 Å². The van der Waals surface area contributed by atoms with Crippen LogP contribution in [0.1, 0.15) is 24.5 Å². The Labute approximate surface area is 96.5 Å². The number of aliphatic hydroxyl groups excluding tert-OH is 1. The van der Waals surface area contributed by atoms with Crippen molar-refractivity contribution in [3.8, 4) is 0 Å². The van der Waals surface area contributed by atoms with Crippen LogP contribution in [0.2, 0.25) is 0 Å². The number of amides is 1. The molecule has 0 aliphatic carbocycles. The van der Waals surface area contributed by atoms with Crippen LogP contribution in [-0.2, 0) is 17.6 Å². The summed E-state index contributed by atoms with van der Waals surface area (Å²) < 4.78 is 0. The molecular formula is C13H19NO2. The molecule has 0 unspecified atom stereocenters. The molecule has 1 aromatic carbocycles. The first-order chi connectivity index (χ1) is 7.76. The van der Waals surface area contributed by atoms with Gasteiger partial charge in [0, 0.05) is 6.54 Å². The Hall–Kier alpha value is -1.35.